The Bertz CT molecular complexity index is 1240. The highest BCUT2D eigenvalue weighted by Gasteiger charge is 2.21. The van der Waals surface area contributed by atoms with E-state index in [2.05, 4.69) is 10.2 Å². The van der Waals surface area contributed by atoms with Crippen LogP contribution < -0.4 is 14.2 Å². The molecular weight excluding hydrogens is 481 g/mol. The number of nitrogens with zero attached hydrogens (tertiary/aromatic N) is 3. The minimum absolute atomic E-state index is 0.517. The van der Waals surface area contributed by atoms with Crippen molar-refractivity contribution in [2.24, 2.45) is 0 Å². The van der Waals surface area contributed by atoms with Crippen LogP contribution in [0.25, 0.3) is 17.1 Å². The summed E-state index contributed by atoms with van der Waals surface area (Å²) in [6.45, 7) is 0. The minimum Gasteiger partial charge on any atom is -0.493 e. The first-order chi connectivity index (χ1) is 16.0. The number of ether oxygens (including phenoxy) is 3. The summed E-state index contributed by atoms with van der Waals surface area (Å²) in [5, 5.41) is 10.8. The third kappa shape index (κ3) is 4.90. The summed E-state index contributed by atoms with van der Waals surface area (Å²) in [6, 6.07) is 19.3. The second-order valence-electron chi connectivity index (χ2n) is 6.93. The maximum absolute atomic E-state index is 6.18. The first-order valence-corrected chi connectivity index (χ1v) is 11.7. The highest BCUT2D eigenvalue weighted by Crippen LogP contribution is 2.42. The summed E-state index contributed by atoms with van der Waals surface area (Å²) in [5.41, 5.74) is 2.75. The molecule has 0 amide bonds. The molecule has 0 aliphatic carbocycles. The lowest BCUT2D eigenvalue weighted by Crippen LogP contribution is -2.01. The molecule has 0 unspecified atom stereocenters. The van der Waals surface area contributed by atoms with Crippen LogP contribution in [0.15, 0.2) is 65.8 Å². The molecule has 4 rings (SSSR count). The summed E-state index contributed by atoms with van der Waals surface area (Å²) in [4.78, 5) is 0. The van der Waals surface area contributed by atoms with E-state index < -0.39 is 0 Å². The van der Waals surface area contributed by atoms with Crippen LogP contribution in [-0.4, -0.2) is 36.1 Å². The molecule has 0 bridgehead atoms. The Morgan fingerprint density at radius 3 is 2.12 bits per heavy atom. The monoisotopic (exact) mass is 501 g/mol. The zero-order valence-corrected chi connectivity index (χ0v) is 20.5. The average Bonchev–Trinajstić information content (AvgIpc) is 3.28. The van der Waals surface area contributed by atoms with Crippen LogP contribution in [-0.2, 0) is 5.75 Å². The van der Waals surface area contributed by atoms with Crippen molar-refractivity contribution in [1.29, 1.82) is 0 Å². The predicted octanol–water partition coefficient (Wildman–Crippen LogP) is 6.56. The van der Waals surface area contributed by atoms with Gasteiger partial charge < -0.3 is 14.2 Å². The van der Waals surface area contributed by atoms with Gasteiger partial charge in [-0.15, -0.1) is 10.2 Å². The van der Waals surface area contributed by atoms with Gasteiger partial charge in [-0.2, -0.15) is 0 Å². The van der Waals surface area contributed by atoms with Gasteiger partial charge in [0.2, 0.25) is 5.75 Å². The van der Waals surface area contributed by atoms with Crippen molar-refractivity contribution in [2.75, 3.05) is 21.3 Å². The lowest BCUT2D eigenvalue weighted by molar-refractivity contribution is 0.324. The molecule has 0 atom stereocenters. The fourth-order valence-electron chi connectivity index (χ4n) is 3.35. The van der Waals surface area contributed by atoms with E-state index in [1.54, 1.807) is 39.2 Å². The second kappa shape index (κ2) is 10.4. The Morgan fingerprint density at radius 1 is 0.818 bits per heavy atom. The second-order valence-corrected chi connectivity index (χ2v) is 8.69. The van der Waals surface area contributed by atoms with E-state index in [-0.39, 0.29) is 0 Å². The quantitative estimate of drug-likeness (QED) is 0.255. The largest absolute Gasteiger partial charge is 0.493 e. The Balaban J connectivity index is 1.78. The summed E-state index contributed by atoms with van der Waals surface area (Å²) >= 11 is 13.8. The molecule has 1 heterocycles. The Kier molecular flexibility index (Phi) is 7.33. The van der Waals surface area contributed by atoms with Crippen molar-refractivity contribution < 1.29 is 14.2 Å². The number of para-hydroxylation sites is 1. The molecule has 0 radical (unpaired) electrons. The molecule has 33 heavy (non-hydrogen) atoms. The first kappa shape index (κ1) is 23.3. The number of rotatable bonds is 8. The molecule has 0 N–H and O–H groups in total. The van der Waals surface area contributed by atoms with Gasteiger partial charge >= 0.3 is 0 Å². The summed E-state index contributed by atoms with van der Waals surface area (Å²) in [7, 11) is 4.74. The molecule has 0 aliphatic rings. The number of thioether (sulfide) groups is 1. The van der Waals surface area contributed by atoms with E-state index in [1.807, 2.05) is 59.2 Å². The molecule has 4 aromatic rings. The molecule has 1 aromatic heterocycles. The molecule has 0 spiro atoms. The maximum Gasteiger partial charge on any atom is 0.203 e. The summed E-state index contributed by atoms with van der Waals surface area (Å²) in [5.74, 6) is 2.90. The molecule has 0 saturated heterocycles. The summed E-state index contributed by atoms with van der Waals surface area (Å²) in [6.07, 6.45) is 0. The van der Waals surface area contributed by atoms with Crippen molar-refractivity contribution >= 4 is 35.0 Å². The van der Waals surface area contributed by atoms with Crippen LogP contribution in [0.3, 0.4) is 0 Å². The molecule has 6 nitrogen and oxygen atoms in total. The lowest BCUT2D eigenvalue weighted by atomic mass is 10.1. The molecule has 0 aliphatic heterocycles. The normalized spacial score (nSPS) is 10.8. The third-order valence-electron chi connectivity index (χ3n) is 4.92. The minimum atomic E-state index is 0.517. The van der Waals surface area contributed by atoms with Gasteiger partial charge in [0.15, 0.2) is 22.5 Å². The van der Waals surface area contributed by atoms with Gasteiger partial charge in [0.1, 0.15) is 0 Å². The Hall–Kier alpha value is -2.87. The molecule has 170 valence electrons. The van der Waals surface area contributed by atoms with Gasteiger partial charge in [0, 0.05) is 17.0 Å². The number of hydrogen-bond acceptors (Lipinski definition) is 6. The molecule has 0 saturated carbocycles. The van der Waals surface area contributed by atoms with Crippen LogP contribution >= 0.6 is 35.0 Å². The van der Waals surface area contributed by atoms with Gasteiger partial charge in [-0.3, -0.25) is 4.57 Å². The van der Waals surface area contributed by atoms with Gasteiger partial charge in [0.25, 0.3) is 0 Å². The fourth-order valence-corrected chi connectivity index (χ4v) is 4.56. The van der Waals surface area contributed by atoms with E-state index >= 15 is 0 Å². The summed E-state index contributed by atoms with van der Waals surface area (Å²) < 4.78 is 18.5. The zero-order chi connectivity index (χ0) is 23.4. The lowest BCUT2D eigenvalue weighted by Gasteiger charge is -2.15. The average molecular weight is 502 g/mol. The van der Waals surface area contributed by atoms with Crippen molar-refractivity contribution in [2.45, 2.75) is 10.9 Å². The predicted molar refractivity (Wildman–Crippen MR) is 132 cm³/mol. The van der Waals surface area contributed by atoms with E-state index in [9.17, 15) is 0 Å². The van der Waals surface area contributed by atoms with Crippen LogP contribution in [0.2, 0.25) is 10.0 Å². The molecular formula is C24H21Cl2N3O3S. The van der Waals surface area contributed by atoms with Crippen LogP contribution in [0.1, 0.15) is 5.56 Å². The third-order valence-corrected chi connectivity index (χ3v) is 6.66. The number of benzene rings is 3. The van der Waals surface area contributed by atoms with Crippen molar-refractivity contribution in [3.8, 4) is 34.3 Å². The van der Waals surface area contributed by atoms with Gasteiger partial charge in [-0.25, -0.2) is 0 Å². The van der Waals surface area contributed by atoms with E-state index in [4.69, 9.17) is 37.4 Å². The SMILES string of the molecule is COc1cc(-c2nnc(SCc3ccc(Cl)c(Cl)c3)n2-c2ccccc2)cc(OC)c1OC. The number of hydrogen-bond donors (Lipinski definition) is 0. The Labute approximate surface area is 206 Å². The highest BCUT2D eigenvalue weighted by molar-refractivity contribution is 7.98. The van der Waals surface area contributed by atoms with E-state index in [0.717, 1.165) is 22.0 Å². The van der Waals surface area contributed by atoms with Gasteiger partial charge in [-0.05, 0) is 42.0 Å². The standard InChI is InChI=1S/C24H21Cl2N3O3S/c1-30-20-12-16(13-21(31-2)22(20)32-3)23-27-28-24(29(23)17-7-5-4-6-8-17)33-14-15-9-10-18(25)19(26)11-15/h4-13H,14H2,1-3H3. The zero-order valence-electron chi connectivity index (χ0n) is 18.2. The molecule has 0 fully saturated rings. The van der Waals surface area contributed by atoms with Crippen LogP contribution in [0.4, 0.5) is 0 Å². The van der Waals surface area contributed by atoms with Gasteiger partial charge in [-0.1, -0.05) is 59.2 Å². The van der Waals surface area contributed by atoms with E-state index in [0.29, 0.717) is 38.9 Å². The number of halogens is 2. The highest BCUT2D eigenvalue weighted by atomic mass is 35.5. The molecule has 9 heteroatoms. The number of methoxy groups -OCH3 is 3. The van der Waals surface area contributed by atoms with Crippen molar-refractivity contribution in [1.82, 2.24) is 14.8 Å². The van der Waals surface area contributed by atoms with Crippen molar-refractivity contribution in [3.05, 3.63) is 76.3 Å². The smallest absolute Gasteiger partial charge is 0.203 e. The Morgan fingerprint density at radius 2 is 1.52 bits per heavy atom. The topological polar surface area (TPSA) is 58.4 Å². The van der Waals surface area contributed by atoms with Gasteiger partial charge in [0.05, 0.1) is 31.4 Å². The van der Waals surface area contributed by atoms with Crippen LogP contribution in [0, 0.1) is 0 Å². The fraction of sp³-hybridized carbons (Fsp3) is 0.167. The van der Waals surface area contributed by atoms with Crippen LogP contribution in [0.5, 0.6) is 17.2 Å². The molecule has 3 aromatic carbocycles. The van der Waals surface area contributed by atoms with E-state index in [1.165, 1.54) is 0 Å². The maximum atomic E-state index is 6.18. The van der Waals surface area contributed by atoms with Crippen molar-refractivity contribution in [3.63, 3.8) is 0 Å². The first-order valence-electron chi connectivity index (χ1n) is 9.93. The number of aromatic nitrogens is 3.